The molecule has 1 atom stereocenters. The number of fused-ring (bicyclic) bond motifs is 1. The molecule has 2 amide bonds. The molecule has 4 rings (SSSR count). The Morgan fingerprint density at radius 3 is 2.57 bits per heavy atom. The summed E-state index contributed by atoms with van der Waals surface area (Å²) in [6.07, 6.45) is -3.19. The summed E-state index contributed by atoms with van der Waals surface area (Å²) in [5.41, 5.74) is 3.76. The van der Waals surface area contributed by atoms with Crippen LogP contribution in [0.5, 0.6) is 5.75 Å². The minimum absolute atomic E-state index is 0.0373. The van der Waals surface area contributed by atoms with Crippen molar-refractivity contribution in [2.45, 2.75) is 32.2 Å². The Balaban J connectivity index is 1.47. The summed E-state index contributed by atoms with van der Waals surface area (Å²) in [5.74, 6) is -0.951. The van der Waals surface area contributed by atoms with E-state index in [1.807, 2.05) is 6.07 Å². The Morgan fingerprint density at radius 1 is 1.17 bits per heavy atom. The highest BCUT2D eigenvalue weighted by Gasteiger charge is 2.50. The highest BCUT2D eigenvalue weighted by molar-refractivity contribution is 5.96. The smallest absolute Gasteiger partial charge is 0.406 e. The van der Waals surface area contributed by atoms with Gasteiger partial charge in [-0.3, -0.25) is 14.8 Å². The first kappa shape index (κ1) is 20.2. The molecule has 2 aliphatic rings. The summed E-state index contributed by atoms with van der Waals surface area (Å²) in [7, 11) is 0. The van der Waals surface area contributed by atoms with Crippen LogP contribution in [0.4, 0.5) is 13.2 Å². The van der Waals surface area contributed by atoms with E-state index < -0.39 is 17.7 Å². The highest BCUT2D eigenvalue weighted by Crippen LogP contribution is 2.46. The Bertz CT molecular complexity index is 991. The third-order valence-electron chi connectivity index (χ3n) is 5.79. The number of hydrogen-bond donors (Lipinski definition) is 2. The lowest BCUT2D eigenvalue weighted by Gasteiger charge is -2.23. The van der Waals surface area contributed by atoms with Crippen LogP contribution in [0.2, 0.25) is 0 Å². The normalized spacial score (nSPS) is 20.5. The second kappa shape index (κ2) is 7.32. The number of benzene rings is 2. The van der Waals surface area contributed by atoms with Crippen molar-refractivity contribution in [3.63, 3.8) is 0 Å². The number of alkyl halides is 3. The van der Waals surface area contributed by atoms with Gasteiger partial charge in [-0.05, 0) is 54.2 Å². The second-order valence-electron chi connectivity index (χ2n) is 7.69. The van der Waals surface area contributed by atoms with Crippen molar-refractivity contribution in [1.29, 1.82) is 0 Å². The van der Waals surface area contributed by atoms with Crippen LogP contribution in [0.3, 0.4) is 0 Å². The van der Waals surface area contributed by atoms with Gasteiger partial charge in [0, 0.05) is 18.7 Å². The molecule has 6 nitrogen and oxygen atoms in total. The van der Waals surface area contributed by atoms with Crippen LogP contribution in [-0.4, -0.2) is 34.8 Å². The zero-order valence-electron chi connectivity index (χ0n) is 15.8. The lowest BCUT2D eigenvalue weighted by Crippen LogP contribution is -2.35. The van der Waals surface area contributed by atoms with Gasteiger partial charge in [-0.15, -0.1) is 13.2 Å². The minimum atomic E-state index is -4.75. The fraction of sp³-hybridized carbons (Fsp3) is 0.333. The van der Waals surface area contributed by atoms with Crippen LogP contribution < -0.4 is 10.2 Å². The average molecular weight is 420 g/mol. The monoisotopic (exact) mass is 420 g/mol. The number of hydrogen-bond acceptors (Lipinski definition) is 4. The number of amides is 2. The first-order valence-corrected chi connectivity index (χ1v) is 9.40. The van der Waals surface area contributed by atoms with Gasteiger partial charge in [0.2, 0.25) is 5.91 Å². The SMILES string of the molecule is O=C(NO)c1cccc2c1CC1(CCN(Cc3ccc(OC(F)(F)F)cc3)C1=O)C2. The molecule has 1 spiro atoms. The van der Waals surface area contributed by atoms with E-state index in [9.17, 15) is 22.8 Å². The van der Waals surface area contributed by atoms with Gasteiger partial charge >= 0.3 is 6.36 Å². The van der Waals surface area contributed by atoms with E-state index in [1.165, 1.54) is 24.3 Å². The number of nitrogens with one attached hydrogen (secondary N) is 1. The van der Waals surface area contributed by atoms with Gasteiger partial charge in [0.25, 0.3) is 5.91 Å². The van der Waals surface area contributed by atoms with Crippen molar-refractivity contribution < 1.29 is 32.7 Å². The maximum atomic E-state index is 13.2. The Kier molecular flexibility index (Phi) is 4.93. The van der Waals surface area contributed by atoms with Crippen molar-refractivity contribution in [3.05, 3.63) is 64.7 Å². The molecule has 0 radical (unpaired) electrons. The van der Waals surface area contributed by atoms with E-state index in [2.05, 4.69) is 4.74 Å². The molecule has 1 fully saturated rings. The molecule has 1 heterocycles. The van der Waals surface area contributed by atoms with Gasteiger partial charge in [0.15, 0.2) is 0 Å². The van der Waals surface area contributed by atoms with Crippen LogP contribution in [-0.2, 0) is 24.2 Å². The molecule has 9 heteroatoms. The standard InChI is InChI=1S/C21H19F3N2O4/c22-21(23,24)30-15-6-4-13(5-7-15)12-26-9-8-20(19(26)28)10-14-2-1-3-16(17(14)11-20)18(27)25-29/h1-7,29H,8-12H2,(H,25,27). The summed E-state index contributed by atoms with van der Waals surface area (Å²) in [4.78, 5) is 26.8. The molecule has 0 aromatic heterocycles. The summed E-state index contributed by atoms with van der Waals surface area (Å²) >= 11 is 0. The number of nitrogens with zero attached hydrogens (tertiary/aromatic N) is 1. The molecule has 1 unspecified atom stereocenters. The van der Waals surface area contributed by atoms with Crippen LogP contribution in [0.15, 0.2) is 42.5 Å². The predicted octanol–water partition coefficient (Wildman–Crippen LogP) is 3.22. The van der Waals surface area contributed by atoms with Crippen molar-refractivity contribution in [3.8, 4) is 5.75 Å². The Labute approximate surface area is 170 Å². The number of carbonyl (C=O) groups excluding carboxylic acids is 2. The number of rotatable bonds is 4. The molecule has 30 heavy (non-hydrogen) atoms. The van der Waals surface area contributed by atoms with Crippen LogP contribution in [0.25, 0.3) is 0 Å². The average Bonchev–Trinajstić information content (AvgIpc) is 3.22. The first-order valence-electron chi connectivity index (χ1n) is 9.40. The summed E-state index contributed by atoms with van der Waals surface area (Å²) < 4.78 is 40.7. The number of halogens is 3. The molecular weight excluding hydrogens is 401 g/mol. The van der Waals surface area contributed by atoms with Gasteiger partial charge in [-0.2, -0.15) is 0 Å². The fourth-order valence-electron chi connectivity index (χ4n) is 4.44. The maximum absolute atomic E-state index is 13.2. The fourth-order valence-corrected chi connectivity index (χ4v) is 4.44. The number of ether oxygens (including phenoxy) is 1. The zero-order valence-corrected chi connectivity index (χ0v) is 15.8. The molecule has 0 saturated carbocycles. The lowest BCUT2D eigenvalue weighted by molar-refractivity contribution is -0.274. The minimum Gasteiger partial charge on any atom is -0.406 e. The maximum Gasteiger partial charge on any atom is 0.573 e. The third kappa shape index (κ3) is 3.72. The summed E-state index contributed by atoms with van der Waals surface area (Å²) in [6.45, 7) is 0.808. The van der Waals surface area contributed by atoms with Gasteiger partial charge < -0.3 is 9.64 Å². The van der Waals surface area contributed by atoms with Gasteiger partial charge in [-0.25, -0.2) is 5.48 Å². The Morgan fingerprint density at radius 2 is 1.90 bits per heavy atom. The quantitative estimate of drug-likeness (QED) is 0.588. The largest absolute Gasteiger partial charge is 0.573 e. The molecular formula is C21H19F3N2O4. The van der Waals surface area contributed by atoms with Crippen molar-refractivity contribution in [2.75, 3.05) is 6.54 Å². The van der Waals surface area contributed by atoms with E-state index in [1.54, 1.807) is 22.5 Å². The number of likely N-dealkylation sites (tertiary alicyclic amines) is 1. The molecule has 2 N–H and O–H groups in total. The van der Waals surface area contributed by atoms with E-state index >= 15 is 0 Å². The first-order chi connectivity index (χ1) is 14.2. The summed E-state index contributed by atoms with van der Waals surface area (Å²) in [6, 6.07) is 10.7. The van der Waals surface area contributed by atoms with Crippen LogP contribution in [0, 0.1) is 5.41 Å². The molecule has 1 aliphatic carbocycles. The van der Waals surface area contributed by atoms with Crippen LogP contribution in [0.1, 0.15) is 33.5 Å². The zero-order chi connectivity index (χ0) is 21.5. The van der Waals surface area contributed by atoms with Crippen molar-refractivity contribution >= 4 is 11.8 Å². The number of carbonyl (C=O) groups is 2. The Hall–Kier alpha value is -3.07. The van der Waals surface area contributed by atoms with Gasteiger partial charge in [-0.1, -0.05) is 24.3 Å². The van der Waals surface area contributed by atoms with Gasteiger partial charge in [0.1, 0.15) is 5.75 Å². The molecule has 2 aromatic carbocycles. The van der Waals surface area contributed by atoms with Crippen molar-refractivity contribution in [2.24, 2.45) is 5.41 Å². The molecule has 158 valence electrons. The van der Waals surface area contributed by atoms with E-state index in [0.29, 0.717) is 36.9 Å². The molecule has 2 aromatic rings. The topological polar surface area (TPSA) is 78.9 Å². The van der Waals surface area contributed by atoms with E-state index in [0.717, 1.165) is 11.1 Å². The summed E-state index contributed by atoms with van der Waals surface area (Å²) in [5, 5.41) is 8.97. The predicted molar refractivity (Wildman–Crippen MR) is 98.7 cm³/mol. The molecule has 0 bridgehead atoms. The second-order valence-corrected chi connectivity index (χ2v) is 7.69. The van der Waals surface area contributed by atoms with Crippen LogP contribution >= 0.6 is 0 Å². The molecule has 1 saturated heterocycles. The lowest BCUT2D eigenvalue weighted by atomic mass is 9.83. The molecule has 1 aliphatic heterocycles. The number of hydroxylamine groups is 1. The van der Waals surface area contributed by atoms with E-state index in [4.69, 9.17) is 5.21 Å². The van der Waals surface area contributed by atoms with Gasteiger partial charge in [0.05, 0.1) is 5.41 Å². The third-order valence-corrected chi connectivity index (χ3v) is 5.79. The van der Waals surface area contributed by atoms with E-state index in [-0.39, 0.29) is 18.2 Å². The highest BCUT2D eigenvalue weighted by atomic mass is 19.4. The van der Waals surface area contributed by atoms with Crippen molar-refractivity contribution in [1.82, 2.24) is 10.4 Å².